The Morgan fingerprint density at radius 3 is 2.52 bits per heavy atom. The molecule has 1 aromatic heterocycles. The molecule has 0 fully saturated rings. The van der Waals surface area contributed by atoms with E-state index in [-0.39, 0.29) is 17.6 Å². The highest BCUT2D eigenvalue weighted by Gasteiger charge is 2.34. The van der Waals surface area contributed by atoms with Gasteiger partial charge in [-0.25, -0.2) is 9.37 Å². The van der Waals surface area contributed by atoms with E-state index in [9.17, 15) is 17.6 Å². The van der Waals surface area contributed by atoms with Gasteiger partial charge >= 0.3 is 6.18 Å². The molecular formula is C12H8BrF4N3O. The van der Waals surface area contributed by atoms with E-state index in [0.717, 1.165) is 6.07 Å². The summed E-state index contributed by atoms with van der Waals surface area (Å²) >= 11 is 3.11. The fourth-order valence-electron chi connectivity index (χ4n) is 1.40. The first-order valence-electron chi connectivity index (χ1n) is 5.56. The number of hydrogen-bond acceptors (Lipinski definition) is 4. The van der Waals surface area contributed by atoms with Crippen LogP contribution in [0.25, 0.3) is 0 Å². The number of anilines is 1. The fraction of sp³-hybridized carbons (Fsp3) is 0.167. The maximum Gasteiger partial charge on any atom is 0.433 e. The quantitative estimate of drug-likeness (QED) is 0.826. The van der Waals surface area contributed by atoms with Crippen molar-refractivity contribution in [3.05, 3.63) is 40.2 Å². The standard InChI is InChI=1S/C12H8BrF4N3O/c1-18-11-19-9(12(15,16)17)5-10(20-11)21-8-4-6(14)2-3-7(8)13/h2-5H,1H3,(H,18,19,20). The fourth-order valence-corrected chi connectivity index (χ4v) is 1.73. The molecule has 0 bridgehead atoms. The van der Waals surface area contributed by atoms with Gasteiger partial charge in [0.15, 0.2) is 5.69 Å². The number of hydrogen-bond donors (Lipinski definition) is 1. The molecule has 0 saturated carbocycles. The molecule has 2 aromatic rings. The average molecular weight is 366 g/mol. The van der Waals surface area contributed by atoms with Gasteiger partial charge in [0.1, 0.15) is 11.6 Å². The van der Waals surface area contributed by atoms with Crippen molar-refractivity contribution in [2.24, 2.45) is 0 Å². The van der Waals surface area contributed by atoms with Crippen LogP contribution in [0.2, 0.25) is 0 Å². The molecule has 2 rings (SSSR count). The number of nitrogens with one attached hydrogen (secondary N) is 1. The van der Waals surface area contributed by atoms with E-state index >= 15 is 0 Å². The van der Waals surface area contributed by atoms with E-state index in [1.807, 2.05) is 0 Å². The Hall–Kier alpha value is -1.90. The summed E-state index contributed by atoms with van der Waals surface area (Å²) in [5, 5.41) is 2.40. The first-order chi connectivity index (χ1) is 9.79. The van der Waals surface area contributed by atoms with Gasteiger partial charge < -0.3 is 10.1 Å². The van der Waals surface area contributed by atoms with Crippen LogP contribution in [0.15, 0.2) is 28.7 Å². The van der Waals surface area contributed by atoms with Crippen molar-refractivity contribution in [3.8, 4) is 11.6 Å². The van der Waals surface area contributed by atoms with E-state index < -0.39 is 17.7 Å². The van der Waals surface area contributed by atoms with Crippen LogP contribution >= 0.6 is 15.9 Å². The maximum absolute atomic E-state index is 13.1. The van der Waals surface area contributed by atoms with Gasteiger partial charge in [0, 0.05) is 19.2 Å². The highest BCUT2D eigenvalue weighted by molar-refractivity contribution is 9.10. The van der Waals surface area contributed by atoms with Crippen molar-refractivity contribution in [1.29, 1.82) is 0 Å². The minimum absolute atomic E-state index is 0.00359. The highest BCUT2D eigenvalue weighted by atomic mass is 79.9. The molecule has 4 nitrogen and oxygen atoms in total. The lowest BCUT2D eigenvalue weighted by Crippen LogP contribution is -2.11. The minimum Gasteiger partial charge on any atom is -0.438 e. The highest BCUT2D eigenvalue weighted by Crippen LogP contribution is 2.33. The summed E-state index contributed by atoms with van der Waals surface area (Å²) in [4.78, 5) is 7.04. The van der Waals surface area contributed by atoms with Gasteiger partial charge in [-0.2, -0.15) is 18.2 Å². The van der Waals surface area contributed by atoms with Crippen LogP contribution in [-0.4, -0.2) is 17.0 Å². The van der Waals surface area contributed by atoms with Crippen molar-refractivity contribution < 1.29 is 22.3 Å². The zero-order valence-electron chi connectivity index (χ0n) is 10.5. The van der Waals surface area contributed by atoms with Crippen molar-refractivity contribution in [2.75, 3.05) is 12.4 Å². The SMILES string of the molecule is CNc1nc(Oc2cc(F)ccc2Br)cc(C(F)(F)F)n1. The zero-order chi connectivity index (χ0) is 15.6. The summed E-state index contributed by atoms with van der Waals surface area (Å²) in [7, 11) is 1.37. The molecular weight excluding hydrogens is 358 g/mol. The van der Waals surface area contributed by atoms with Crippen LogP contribution < -0.4 is 10.1 Å². The van der Waals surface area contributed by atoms with E-state index in [1.54, 1.807) is 0 Å². The molecule has 0 atom stereocenters. The van der Waals surface area contributed by atoms with Crippen molar-refractivity contribution in [2.45, 2.75) is 6.18 Å². The van der Waals surface area contributed by atoms with Gasteiger partial charge in [0.2, 0.25) is 11.8 Å². The third-order valence-corrected chi connectivity index (χ3v) is 2.98. The van der Waals surface area contributed by atoms with Crippen molar-refractivity contribution in [3.63, 3.8) is 0 Å². The van der Waals surface area contributed by atoms with Gasteiger partial charge in [-0.15, -0.1) is 0 Å². The molecule has 1 N–H and O–H groups in total. The second-order valence-corrected chi connectivity index (χ2v) is 4.69. The van der Waals surface area contributed by atoms with E-state index in [0.29, 0.717) is 10.5 Å². The monoisotopic (exact) mass is 365 g/mol. The molecule has 1 heterocycles. The van der Waals surface area contributed by atoms with Crippen LogP contribution in [0.1, 0.15) is 5.69 Å². The third-order valence-electron chi connectivity index (χ3n) is 2.32. The molecule has 1 aromatic carbocycles. The number of benzene rings is 1. The summed E-state index contributed by atoms with van der Waals surface area (Å²) in [6.45, 7) is 0. The maximum atomic E-state index is 13.1. The Morgan fingerprint density at radius 1 is 1.19 bits per heavy atom. The number of alkyl halides is 3. The molecule has 112 valence electrons. The van der Waals surface area contributed by atoms with Gasteiger partial charge in [-0.3, -0.25) is 0 Å². The van der Waals surface area contributed by atoms with Crippen LogP contribution in [-0.2, 0) is 6.18 Å². The Morgan fingerprint density at radius 2 is 1.90 bits per heavy atom. The average Bonchev–Trinajstić information content (AvgIpc) is 2.41. The second-order valence-electron chi connectivity index (χ2n) is 3.84. The van der Waals surface area contributed by atoms with Crippen LogP contribution in [0.5, 0.6) is 11.6 Å². The lowest BCUT2D eigenvalue weighted by Gasteiger charge is -2.11. The van der Waals surface area contributed by atoms with Gasteiger partial charge in [0.25, 0.3) is 0 Å². The zero-order valence-corrected chi connectivity index (χ0v) is 12.1. The smallest absolute Gasteiger partial charge is 0.433 e. The van der Waals surface area contributed by atoms with Gasteiger partial charge in [-0.05, 0) is 28.1 Å². The predicted octanol–water partition coefficient (Wildman–Crippen LogP) is 4.23. The lowest BCUT2D eigenvalue weighted by atomic mass is 10.3. The van der Waals surface area contributed by atoms with Crippen LogP contribution in [0.3, 0.4) is 0 Å². The number of rotatable bonds is 3. The van der Waals surface area contributed by atoms with Gasteiger partial charge in [0.05, 0.1) is 4.47 Å². The molecule has 0 unspecified atom stereocenters. The van der Waals surface area contributed by atoms with E-state index in [1.165, 1.54) is 19.2 Å². The molecule has 0 amide bonds. The molecule has 0 spiro atoms. The summed E-state index contributed by atoms with van der Waals surface area (Å²) < 4.78 is 56.9. The largest absolute Gasteiger partial charge is 0.438 e. The Bertz CT molecular complexity index is 663. The molecule has 9 heteroatoms. The minimum atomic E-state index is -4.65. The Labute approximate surface area is 125 Å². The van der Waals surface area contributed by atoms with Crippen LogP contribution in [0.4, 0.5) is 23.5 Å². The molecule has 0 saturated heterocycles. The second kappa shape index (κ2) is 5.84. The first-order valence-corrected chi connectivity index (χ1v) is 6.36. The summed E-state index contributed by atoms with van der Waals surface area (Å²) in [5.41, 5.74) is -1.16. The van der Waals surface area contributed by atoms with E-state index in [4.69, 9.17) is 4.74 Å². The third kappa shape index (κ3) is 3.81. The Kier molecular flexibility index (Phi) is 4.31. The number of ether oxygens (including phenoxy) is 1. The molecule has 0 aliphatic carbocycles. The number of halogens is 5. The number of nitrogens with zero attached hydrogens (tertiary/aromatic N) is 2. The summed E-state index contributed by atoms with van der Waals surface area (Å²) in [5.74, 6) is -1.20. The molecule has 21 heavy (non-hydrogen) atoms. The Balaban J connectivity index is 2.42. The summed E-state index contributed by atoms with van der Waals surface area (Å²) in [6.07, 6.45) is -4.65. The molecule has 0 radical (unpaired) electrons. The van der Waals surface area contributed by atoms with Crippen LogP contribution in [0, 0.1) is 5.82 Å². The topological polar surface area (TPSA) is 47.0 Å². The predicted molar refractivity (Wildman–Crippen MR) is 70.8 cm³/mol. The van der Waals surface area contributed by atoms with Gasteiger partial charge in [-0.1, -0.05) is 0 Å². The van der Waals surface area contributed by atoms with Crippen molar-refractivity contribution in [1.82, 2.24) is 9.97 Å². The number of aromatic nitrogens is 2. The summed E-state index contributed by atoms with van der Waals surface area (Å²) in [6, 6.07) is 4.21. The molecule has 0 aliphatic rings. The van der Waals surface area contributed by atoms with Crippen molar-refractivity contribution >= 4 is 21.9 Å². The van der Waals surface area contributed by atoms with E-state index in [2.05, 4.69) is 31.2 Å². The molecule has 0 aliphatic heterocycles. The normalized spacial score (nSPS) is 11.3. The first kappa shape index (κ1) is 15.5. The lowest BCUT2D eigenvalue weighted by molar-refractivity contribution is -0.141.